The van der Waals surface area contributed by atoms with Crippen molar-refractivity contribution in [2.45, 2.75) is 157 Å². The number of Topliss-reactive ketones (excluding diaryl/α,β-unsaturated/α-hetero) is 1. The first-order valence-electron chi connectivity index (χ1n) is 20.5. The largest absolute Gasteiger partial charge is 0.481 e. The highest BCUT2D eigenvalue weighted by Crippen LogP contribution is 2.12. The van der Waals surface area contributed by atoms with Crippen LogP contribution in [0.25, 0.3) is 0 Å². The summed E-state index contributed by atoms with van der Waals surface area (Å²) >= 11 is 0. The van der Waals surface area contributed by atoms with Gasteiger partial charge in [0.25, 0.3) is 5.91 Å². The van der Waals surface area contributed by atoms with E-state index in [2.05, 4.69) is 53.9 Å². The Morgan fingerprint density at radius 3 is 1.52 bits per heavy atom. The minimum atomic E-state index is -1.52. The fraction of sp³-hybridized carbons (Fsp3) is 0.707. The predicted octanol–water partition coefficient (Wildman–Crippen LogP) is 1.53. The highest BCUT2D eigenvalue weighted by atomic mass is 16.4. The lowest BCUT2D eigenvalue weighted by Crippen LogP contribution is -2.60. The number of aliphatic carboxylic acids is 2. The van der Waals surface area contributed by atoms with Crippen molar-refractivity contribution in [2.75, 3.05) is 20.1 Å². The summed E-state index contributed by atoms with van der Waals surface area (Å²) in [5.41, 5.74) is 0. The number of carboxylic acid groups (broad SMARTS) is 2. The monoisotopic (exact) mass is 854 g/mol. The molecular weight excluding hydrogens is 782 g/mol. The first-order valence-corrected chi connectivity index (χ1v) is 20.5. The van der Waals surface area contributed by atoms with Crippen LogP contribution in [0.4, 0.5) is 0 Å². The second kappa shape index (κ2) is 29.8. The van der Waals surface area contributed by atoms with Gasteiger partial charge in [0.05, 0.1) is 6.04 Å². The number of carbonyl (C=O) groups is 10. The summed E-state index contributed by atoms with van der Waals surface area (Å²) < 4.78 is 0. The van der Waals surface area contributed by atoms with Gasteiger partial charge < -0.3 is 46.6 Å². The first-order chi connectivity index (χ1) is 27.9. The Hall–Kier alpha value is -5.36. The number of carboxylic acids is 2. The molecular formula is C41H71N7O12. The van der Waals surface area contributed by atoms with Crippen LogP contribution in [0.5, 0.6) is 0 Å². The highest BCUT2D eigenvalue weighted by molar-refractivity contribution is 6.38. The average molecular weight is 854 g/mol. The van der Waals surface area contributed by atoms with Gasteiger partial charge in [0.1, 0.15) is 30.2 Å². The zero-order valence-corrected chi connectivity index (χ0v) is 37.3. The van der Waals surface area contributed by atoms with Crippen molar-refractivity contribution in [3.05, 3.63) is 12.7 Å². The Labute approximate surface area is 354 Å². The molecule has 0 aliphatic heterocycles. The van der Waals surface area contributed by atoms with Crippen LogP contribution < -0.4 is 26.6 Å². The van der Waals surface area contributed by atoms with Gasteiger partial charge in [0.15, 0.2) is 0 Å². The van der Waals surface area contributed by atoms with E-state index in [-0.39, 0.29) is 32.4 Å². The third-order valence-electron chi connectivity index (χ3n) is 8.72. The molecule has 0 aromatic carbocycles. The summed E-state index contributed by atoms with van der Waals surface area (Å²) in [6.07, 6.45) is 0.954. The van der Waals surface area contributed by atoms with E-state index in [4.69, 9.17) is 5.11 Å². The van der Waals surface area contributed by atoms with Gasteiger partial charge in [0.2, 0.25) is 41.2 Å². The van der Waals surface area contributed by atoms with Crippen LogP contribution in [0.3, 0.4) is 0 Å². The normalized spacial score (nSPS) is 13.7. The molecule has 7 amide bonds. The maximum absolute atomic E-state index is 13.6. The van der Waals surface area contributed by atoms with Crippen molar-refractivity contribution in [1.29, 1.82) is 0 Å². The van der Waals surface area contributed by atoms with Gasteiger partial charge in [-0.1, -0.05) is 67.4 Å². The molecule has 0 rings (SSSR count). The van der Waals surface area contributed by atoms with Gasteiger partial charge >= 0.3 is 11.9 Å². The molecule has 0 bridgehead atoms. The molecule has 19 heteroatoms. The van der Waals surface area contributed by atoms with Crippen LogP contribution in [0.15, 0.2) is 12.7 Å². The average Bonchev–Trinajstić information content (AvgIpc) is 3.15. The molecule has 19 nitrogen and oxygen atoms in total. The Morgan fingerprint density at radius 1 is 0.633 bits per heavy atom. The number of nitrogens with one attached hydrogen (secondary N) is 5. The molecule has 6 atom stereocenters. The molecule has 0 aromatic heterocycles. The van der Waals surface area contributed by atoms with E-state index in [9.17, 15) is 53.1 Å². The number of rotatable bonds is 27. The molecule has 0 spiro atoms. The number of likely N-dealkylation sites (N-methyl/N-ethyl adjacent to an activating group) is 2. The topological polar surface area (TPSA) is 278 Å². The highest BCUT2D eigenvalue weighted by Gasteiger charge is 2.36. The lowest BCUT2D eigenvalue weighted by Gasteiger charge is -2.32. The van der Waals surface area contributed by atoms with E-state index in [1.165, 1.54) is 24.9 Å². The fourth-order valence-electron chi connectivity index (χ4n) is 5.62. The zero-order valence-electron chi connectivity index (χ0n) is 37.3. The molecule has 0 saturated carbocycles. The maximum Gasteiger partial charge on any atom is 0.303 e. The summed E-state index contributed by atoms with van der Waals surface area (Å²) in [6, 6.07) is -7.63. The maximum atomic E-state index is 13.6. The van der Waals surface area contributed by atoms with Gasteiger partial charge in [-0.3, -0.25) is 47.9 Å². The number of ketones is 1. The molecule has 0 heterocycles. The number of carbonyl (C=O) groups excluding carboxylic acids is 8. The summed E-state index contributed by atoms with van der Waals surface area (Å²) in [5.74, 6) is -8.59. The minimum Gasteiger partial charge on any atom is -0.481 e. The molecule has 60 heavy (non-hydrogen) atoms. The van der Waals surface area contributed by atoms with Gasteiger partial charge in [-0.05, 0) is 51.4 Å². The summed E-state index contributed by atoms with van der Waals surface area (Å²) in [6.45, 7) is 21.4. The standard InChI is InChI=1S/C37H61N7O12.C4H10/c1-10-14-24(31(50)37(56)44(13-4)20-12-3)40-34(53)27(15-11-2)43(9)36(55)22(7)38-35(54)30(21(5)6)42-33(52)26(17-19-29(48)49)41-32(51)25(39-23(8)45)16-18-28(46)47;1-4(2)3/h12,21-22,24-27,30H,3,10-11,13-20H2,1-2,4-9H3,(H,38,54)(H,39,45)(H,40,53)(H,41,51)(H,42,52)(H,46,47)(H,48,49);4H,1-3H3/t22-,24?,25?,26?,27?,30?;/m0./s1. The molecule has 5 unspecified atom stereocenters. The van der Waals surface area contributed by atoms with Gasteiger partial charge in [0, 0.05) is 39.9 Å². The van der Waals surface area contributed by atoms with Crippen LogP contribution >= 0.6 is 0 Å². The van der Waals surface area contributed by atoms with E-state index in [1.807, 2.05) is 0 Å². The summed E-state index contributed by atoms with van der Waals surface area (Å²) in [5, 5.41) is 30.6. The molecule has 0 radical (unpaired) electrons. The molecule has 0 aliphatic carbocycles. The molecule has 0 aliphatic rings. The molecule has 7 N–H and O–H groups in total. The number of amides is 7. The van der Waals surface area contributed by atoms with Gasteiger partial charge in [-0.25, -0.2) is 0 Å². The fourth-order valence-corrected chi connectivity index (χ4v) is 5.62. The third kappa shape index (κ3) is 22.1. The lowest BCUT2D eigenvalue weighted by molar-refractivity contribution is -0.147. The van der Waals surface area contributed by atoms with Crippen molar-refractivity contribution in [3.63, 3.8) is 0 Å². The van der Waals surface area contributed by atoms with Crippen molar-refractivity contribution < 1.29 is 58.2 Å². The van der Waals surface area contributed by atoms with E-state index in [0.29, 0.717) is 12.8 Å². The Bertz CT molecular complexity index is 1480. The zero-order chi connectivity index (χ0) is 46.9. The molecule has 342 valence electrons. The summed E-state index contributed by atoms with van der Waals surface area (Å²) in [4.78, 5) is 130. The van der Waals surface area contributed by atoms with Crippen molar-refractivity contribution in [3.8, 4) is 0 Å². The minimum absolute atomic E-state index is 0.146. The molecule has 0 saturated heterocycles. The Morgan fingerprint density at radius 2 is 1.10 bits per heavy atom. The molecule has 0 fully saturated rings. The van der Waals surface area contributed by atoms with E-state index < -0.39 is 121 Å². The van der Waals surface area contributed by atoms with E-state index >= 15 is 0 Å². The SMILES string of the molecule is C=CCN(CC)C(=O)C(=O)C(CCC)NC(=O)C(CCC)N(C)C(=O)[C@H](C)NC(=O)C(NC(=O)C(CCC(=O)O)NC(=O)C(CCC(=O)O)NC(C)=O)C(C)C.CC(C)C. The number of hydrogen-bond donors (Lipinski definition) is 7. The Balaban J connectivity index is 0. The van der Waals surface area contributed by atoms with Crippen LogP contribution in [0, 0.1) is 11.8 Å². The second-order valence-electron chi connectivity index (χ2n) is 15.5. The van der Waals surface area contributed by atoms with Crippen LogP contribution in [-0.4, -0.2) is 135 Å². The van der Waals surface area contributed by atoms with Crippen molar-refractivity contribution in [1.82, 2.24) is 36.4 Å². The second-order valence-corrected chi connectivity index (χ2v) is 15.5. The predicted molar refractivity (Wildman–Crippen MR) is 224 cm³/mol. The number of hydrogen-bond acceptors (Lipinski definition) is 10. The summed E-state index contributed by atoms with van der Waals surface area (Å²) in [7, 11) is 1.36. The van der Waals surface area contributed by atoms with Crippen molar-refractivity contribution in [2.24, 2.45) is 11.8 Å². The smallest absolute Gasteiger partial charge is 0.303 e. The van der Waals surface area contributed by atoms with Gasteiger partial charge in [-0.15, -0.1) is 6.58 Å². The third-order valence-corrected chi connectivity index (χ3v) is 8.72. The van der Waals surface area contributed by atoms with Crippen LogP contribution in [-0.2, 0) is 47.9 Å². The quantitative estimate of drug-likeness (QED) is 0.0458. The lowest BCUT2D eigenvalue weighted by atomic mass is 10.0. The van der Waals surface area contributed by atoms with Crippen LogP contribution in [0.1, 0.15) is 121 Å². The number of nitrogens with zero attached hydrogens (tertiary/aromatic N) is 2. The first kappa shape index (κ1) is 56.7. The molecule has 0 aromatic rings. The van der Waals surface area contributed by atoms with Crippen molar-refractivity contribution >= 4 is 59.1 Å². The van der Waals surface area contributed by atoms with Gasteiger partial charge in [-0.2, -0.15) is 0 Å². The van der Waals surface area contributed by atoms with E-state index in [0.717, 1.165) is 17.7 Å². The van der Waals surface area contributed by atoms with Crippen LogP contribution in [0.2, 0.25) is 0 Å². The Kier molecular flexibility index (Phi) is 28.2. The van der Waals surface area contributed by atoms with E-state index in [1.54, 1.807) is 34.6 Å².